The molecule has 0 bridgehead atoms. The molecular formula is C21H29N7. The minimum Gasteiger partial charge on any atom is -0.354 e. The van der Waals surface area contributed by atoms with Gasteiger partial charge in [0.15, 0.2) is 0 Å². The molecule has 3 aliphatic heterocycles. The third kappa shape index (κ3) is 3.51. The SMILES string of the molecule is Cc1ccc(C2CC3C(CN2)NNC3c2cccc(N3CCNCC3)n2)cn1. The third-order valence-corrected chi connectivity index (χ3v) is 6.31. The maximum Gasteiger partial charge on any atom is 0.128 e. The van der Waals surface area contributed by atoms with Crippen LogP contribution in [0.5, 0.6) is 0 Å². The van der Waals surface area contributed by atoms with E-state index in [2.05, 4.69) is 61.7 Å². The lowest BCUT2D eigenvalue weighted by Crippen LogP contribution is -2.46. The van der Waals surface area contributed by atoms with E-state index in [4.69, 9.17) is 4.98 Å². The Kier molecular flexibility index (Phi) is 4.98. The van der Waals surface area contributed by atoms with Gasteiger partial charge < -0.3 is 15.5 Å². The second-order valence-corrected chi connectivity index (χ2v) is 8.12. The van der Waals surface area contributed by atoms with Crippen molar-refractivity contribution in [1.82, 2.24) is 31.5 Å². The number of pyridine rings is 2. The number of hydrazine groups is 1. The molecule has 0 spiro atoms. The highest BCUT2D eigenvalue weighted by Crippen LogP contribution is 2.38. The highest BCUT2D eigenvalue weighted by atomic mass is 15.4. The first-order valence-corrected chi connectivity index (χ1v) is 10.4. The van der Waals surface area contributed by atoms with E-state index in [0.717, 1.165) is 56.4 Å². The molecule has 2 aromatic rings. The second kappa shape index (κ2) is 7.75. The lowest BCUT2D eigenvalue weighted by Gasteiger charge is -2.34. The van der Waals surface area contributed by atoms with Gasteiger partial charge in [0.05, 0.1) is 11.7 Å². The fourth-order valence-corrected chi connectivity index (χ4v) is 4.69. The molecule has 4 unspecified atom stereocenters. The van der Waals surface area contributed by atoms with Crippen LogP contribution in [0.25, 0.3) is 0 Å². The molecule has 0 aliphatic carbocycles. The Labute approximate surface area is 166 Å². The first-order chi connectivity index (χ1) is 13.8. The number of fused-ring (bicyclic) bond motifs is 1. The van der Waals surface area contributed by atoms with Crippen LogP contribution >= 0.6 is 0 Å². The van der Waals surface area contributed by atoms with Crippen molar-refractivity contribution in [3.8, 4) is 0 Å². The quantitative estimate of drug-likeness (QED) is 0.635. The van der Waals surface area contributed by atoms with Crippen molar-refractivity contribution in [3.05, 3.63) is 53.5 Å². The summed E-state index contributed by atoms with van der Waals surface area (Å²) < 4.78 is 0. The molecule has 7 nitrogen and oxygen atoms in total. The predicted molar refractivity (Wildman–Crippen MR) is 110 cm³/mol. The zero-order chi connectivity index (χ0) is 18.9. The van der Waals surface area contributed by atoms with Crippen molar-refractivity contribution >= 4 is 5.82 Å². The van der Waals surface area contributed by atoms with Crippen LogP contribution < -0.4 is 26.4 Å². The Balaban J connectivity index is 1.35. The van der Waals surface area contributed by atoms with Crippen LogP contribution in [0.3, 0.4) is 0 Å². The molecule has 3 saturated heterocycles. The van der Waals surface area contributed by atoms with E-state index < -0.39 is 0 Å². The van der Waals surface area contributed by atoms with Crippen molar-refractivity contribution in [2.75, 3.05) is 37.6 Å². The molecule has 7 heteroatoms. The van der Waals surface area contributed by atoms with Gasteiger partial charge in [0.25, 0.3) is 0 Å². The number of aromatic nitrogens is 2. The highest BCUT2D eigenvalue weighted by molar-refractivity contribution is 5.40. The molecule has 2 aromatic heterocycles. The molecule has 5 rings (SSSR count). The standard InChI is InChI=1S/C21H29N7/c1-14-5-6-15(12-23-14)18-11-16-19(13-24-18)26-27-21(16)17-3-2-4-20(25-17)28-9-7-22-8-10-28/h2-6,12,16,18-19,21-22,24,26-27H,7-11,13H2,1H3. The Morgan fingerprint density at radius 2 is 1.96 bits per heavy atom. The molecule has 4 N–H and O–H groups in total. The van der Waals surface area contributed by atoms with Gasteiger partial charge in [0, 0.05) is 62.6 Å². The van der Waals surface area contributed by atoms with Crippen molar-refractivity contribution < 1.29 is 0 Å². The van der Waals surface area contributed by atoms with E-state index in [0.29, 0.717) is 18.0 Å². The van der Waals surface area contributed by atoms with Gasteiger partial charge in [-0.15, -0.1) is 0 Å². The summed E-state index contributed by atoms with van der Waals surface area (Å²) in [4.78, 5) is 11.9. The van der Waals surface area contributed by atoms with Crippen LogP contribution in [-0.2, 0) is 0 Å². The van der Waals surface area contributed by atoms with Crippen LogP contribution in [0.15, 0.2) is 36.5 Å². The van der Waals surface area contributed by atoms with Crippen LogP contribution in [0, 0.1) is 12.8 Å². The summed E-state index contributed by atoms with van der Waals surface area (Å²) in [6.07, 6.45) is 3.08. The van der Waals surface area contributed by atoms with Gasteiger partial charge in [0.1, 0.15) is 5.82 Å². The zero-order valence-electron chi connectivity index (χ0n) is 16.4. The number of hydrogen-bond donors (Lipinski definition) is 4. The van der Waals surface area contributed by atoms with Crippen molar-refractivity contribution in [1.29, 1.82) is 0 Å². The molecule has 0 amide bonds. The number of anilines is 1. The Hall–Kier alpha value is -2.06. The largest absolute Gasteiger partial charge is 0.354 e. The lowest BCUT2D eigenvalue weighted by molar-refractivity contribution is 0.265. The molecule has 28 heavy (non-hydrogen) atoms. The fourth-order valence-electron chi connectivity index (χ4n) is 4.69. The number of piperazine rings is 1. The van der Waals surface area contributed by atoms with Crippen molar-refractivity contribution in [3.63, 3.8) is 0 Å². The number of rotatable bonds is 3. The predicted octanol–water partition coefficient (Wildman–Crippen LogP) is 1.06. The topological polar surface area (TPSA) is 77.1 Å². The normalized spacial score (nSPS) is 30.2. The number of nitrogens with one attached hydrogen (secondary N) is 4. The third-order valence-electron chi connectivity index (χ3n) is 6.31. The van der Waals surface area contributed by atoms with Crippen LogP contribution in [-0.4, -0.2) is 48.7 Å². The summed E-state index contributed by atoms with van der Waals surface area (Å²) in [7, 11) is 0. The Bertz CT molecular complexity index is 803. The Morgan fingerprint density at radius 3 is 2.79 bits per heavy atom. The highest BCUT2D eigenvalue weighted by Gasteiger charge is 2.42. The number of piperidine rings is 1. The number of aryl methyl sites for hydroxylation is 1. The molecule has 3 fully saturated rings. The van der Waals surface area contributed by atoms with E-state index in [9.17, 15) is 0 Å². The molecule has 0 aromatic carbocycles. The van der Waals surface area contributed by atoms with Crippen molar-refractivity contribution in [2.24, 2.45) is 5.92 Å². The first-order valence-electron chi connectivity index (χ1n) is 10.4. The smallest absolute Gasteiger partial charge is 0.128 e. The van der Waals surface area contributed by atoms with E-state index in [-0.39, 0.29) is 6.04 Å². The summed E-state index contributed by atoms with van der Waals surface area (Å²) in [6, 6.07) is 11.8. The summed E-state index contributed by atoms with van der Waals surface area (Å²) >= 11 is 0. The van der Waals surface area contributed by atoms with E-state index >= 15 is 0 Å². The molecule has 4 atom stereocenters. The minimum atomic E-state index is 0.232. The maximum atomic E-state index is 5.04. The monoisotopic (exact) mass is 379 g/mol. The molecule has 0 saturated carbocycles. The average molecular weight is 380 g/mol. The summed E-state index contributed by atoms with van der Waals surface area (Å²) in [6.45, 7) is 7.07. The van der Waals surface area contributed by atoms with Crippen LogP contribution in [0.4, 0.5) is 5.82 Å². The Morgan fingerprint density at radius 1 is 1.07 bits per heavy atom. The second-order valence-electron chi connectivity index (χ2n) is 8.12. The average Bonchev–Trinajstić information content (AvgIpc) is 3.18. The molecule has 5 heterocycles. The maximum absolute atomic E-state index is 5.04. The minimum absolute atomic E-state index is 0.232. The zero-order valence-corrected chi connectivity index (χ0v) is 16.4. The lowest BCUT2D eigenvalue weighted by atomic mass is 9.81. The van der Waals surface area contributed by atoms with Gasteiger partial charge in [-0.25, -0.2) is 10.4 Å². The van der Waals surface area contributed by atoms with Crippen LogP contribution in [0.2, 0.25) is 0 Å². The summed E-state index contributed by atoms with van der Waals surface area (Å²) in [5.41, 5.74) is 10.5. The summed E-state index contributed by atoms with van der Waals surface area (Å²) in [5.74, 6) is 1.59. The van der Waals surface area contributed by atoms with E-state index in [1.165, 1.54) is 5.56 Å². The fraction of sp³-hybridized carbons (Fsp3) is 0.524. The molecule has 0 radical (unpaired) electrons. The number of nitrogens with zero attached hydrogens (tertiary/aromatic N) is 3. The first kappa shape index (κ1) is 18.0. The van der Waals surface area contributed by atoms with Crippen molar-refractivity contribution in [2.45, 2.75) is 31.5 Å². The van der Waals surface area contributed by atoms with Gasteiger partial charge >= 0.3 is 0 Å². The van der Waals surface area contributed by atoms with E-state index in [1.54, 1.807) is 0 Å². The van der Waals surface area contributed by atoms with E-state index in [1.807, 2.05) is 13.1 Å². The molecular weight excluding hydrogens is 350 g/mol. The van der Waals surface area contributed by atoms with Gasteiger partial charge in [-0.05, 0) is 37.1 Å². The van der Waals surface area contributed by atoms with Gasteiger partial charge in [0.2, 0.25) is 0 Å². The molecule has 3 aliphatic rings. The molecule has 148 valence electrons. The van der Waals surface area contributed by atoms with Gasteiger partial charge in [-0.1, -0.05) is 12.1 Å². The summed E-state index contributed by atoms with van der Waals surface area (Å²) in [5, 5.41) is 7.09. The van der Waals surface area contributed by atoms with Gasteiger partial charge in [-0.3, -0.25) is 10.4 Å². The number of hydrogen-bond acceptors (Lipinski definition) is 7. The van der Waals surface area contributed by atoms with Crippen LogP contribution in [0.1, 0.15) is 35.5 Å². The van der Waals surface area contributed by atoms with Gasteiger partial charge in [-0.2, -0.15) is 0 Å².